The Balaban J connectivity index is 1.58. The van der Waals surface area contributed by atoms with Crippen molar-refractivity contribution in [2.24, 2.45) is 5.73 Å². The third kappa shape index (κ3) is 3.54. The van der Waals surface area contributed by atoms with E-state index in [9.17, 15) is 0 Å². The van der Waals surface area contributed by atoms with E-state index in [0.717, 1.165) is 18.8 Å². The van der Waals surface area contributed by atoms with Crippen molar-refractivity contribution in [3.05, 3.63) is 70.8 Å². The number of benzene rings is 2. The van der Waals surface area contributed by atoms with Crippen LogP contribution in [0.25, 0.3) is 0 Å². The summed E-state index contributed by atoms with van der Waals surface area (Å²) in [7, 11) is 0. The van der Waals surface area contributed by atoms with E-state index in [1.165, 1.54) is 41.5 Å². The van der Waals surface area contributed by atoms with Crippen LogP contribution in [0.2, 0.25) is 0 Å². The topological polar surface area (TPSA) is 26.0 Å². The first-order valence-electron chi connectivity index (χ1n) is 8.13. The van der Waals surface area contributed by atoms with Gasteiger partial charge in [-0.2, -0.15) is 0 Å². The van der Waals surface area contributed by atoms with Crippen LogP contribution in [0.1, 0.15) is 59.9 Å². The molecule has 21 heavy (non-hydrogen) atoms. The maximum Gasteiger partial charge on any atom is 0.0298 e. The molecule has 0 amide bonds. The molecule has 1 fully saturated rings. The number of rotatable bonds is 5. The molecule has 1 nitrogen and oxygen atoms in total. The number of aryl methyl sites for hydroxylation is 2. The molecule has 0 heterocycles. The minimum absolute atomic E-state index is 0.140. The first-order valence-corrected chi connectivity index (χ1v) is 8.13. The van der Waals surface area contributed by atoms with Crippen molar-refractivity contribution >= 4 is 0 Å². The maximum atomic E-state index is 6.35. The Morgan fingerprint density at radius 1 is 1.10 bits per heavy atom. The molecular weight excluding hydrogens is 254 g/mol. The summed E-state index contributed by atoms with van der Waals surface area (Å²) < 4.78 is 0. The molecule has 2 aromatic rings. The monoisotopic (exact) mass is 279 g/mol. The molecule has 0 radical (unpaired) electrons. The van der Waals surface area contributed by atoms with E-state index in [1.54, 1.807) is 0 Å². The molecule has 2 aromatic carbocycles. The average molecular weight is 279 g/mol. The Hall–Kier alpha value is -1.60. The minimum atomic E-state index is 0.140. The van der Waals surface area contributed by atoms with Crippen LogP contribution in [0.5, 0.6) is 0 Å². The lowest BCUT2D eigenvalue weighted by Gasteiger charge is -2.26. The molecule has 0 saturated heterocycles. The van der Waals surface area contributed by atoms with Gasteiger partial charge in [-0.15, -0.1) is 0 Å². The normalized spacial score (nSPS) is 16.5. The summed E-state index contributed by atoms with van der Waals surface area (Å²) >= 11 is 0. The fourth-order valence-electron chi connectivity index (χ4n) is 3.11. The highest BCUT2D eigenvalue weighted by Gasteiger charge is 2.19. The van der Waals surface area contributed by atoms with Gasteiger partial charge in [0.15, 0.2) is 0 Å². The number of hydrogen-bond donors (Lipinski definition) is 1. The quantitative estimate of drug-likeness (QED) is 0.828. The molecule has 2 N–H and O–H groups in total. The molecule has 0 spiro atoms. The maximum absolute atomic E-state index is 6.35. The molecule has 1 saturated carbocycles. The summed E-state index contributed by atoms with van der Waals surface area (Å²) in [6, 6.07) is 17.9. The summed E-state index contributed by atoms with van der Waals surface area (Å²) in [6.07, 6.45) is 6.17. The molecule has 1 unspecified atom stereocenters. The third-order valence-corrected chi connectivity index (χ3v) is 4.77. The van der Waals surface area contributed by atoms with E-state index in [-0.39, 0.29) is 6.04 Å². The van der Waals surface area contributed by atoms with Gasteiger partial charge in [-0.25, -0.2) is 0 Å². The summed E-state index contributed by atoms with van der Waals surface area (Å²) in [5.74, 6) is 0.808. The smallest absolute Gasteiger partial charge is 0.0298 e. The van der Waals surface area contributed by atoms with Crippen molar-refractivity contribution in [3.63, 3.8) is 0 Å². The van der Waals surface area contributed by atoms with Crippen LogP contribution in [-0.2, 0) is 6.42 Å². The van der Waals surface area contributed by atoms with Gasteiger partial charge in [-0.1, -0.05) is 60.5 Å². The van der Waals surface area contributed by atoms with Crippen molar-refractivity contribution in [2.75, 3.05) is 0 Å². The van der Waals surface area contributed by atoms with Crippen molar-refractivity contribution in [3.8, 4) is 0 Å². The Labute approximate surface area is 128 Å². The fourth-order valence-corrected chi connectivity index (χ4v) is 3.11. The predicted molar refractivity (Wildman–Crippen MR) is 89.5 cm³/mol. The molecule has 1 aliphatic carbocycles. The highest BCUT2D eigenvalue weighted by atomic mass is 14.6. The molecule has 0 aliphatic heterocycles. The fraction of sp³-hybridized carbons (Fsp3) is 0.400. The molecule has 1 heteroatoms. The van der Waals surface area contributed by atoms with Crippen molar-refractivity contribution in [1.82, 2.24) is 0 Å². The zero-order valence-corrected chi connectivity index (χ0v) is 12.9. The zero-order valence-electron chi connectivity index (χ0n) is 12.9. The van der Waals surface area contributed by atoms with Crippen molar-refractivity contribution in [2.45, 2.75) is 51.0 Å². The SMILES string of the molecule is Cc1cccc(CCC(N)c2ccc(C3CCC3)cc2)c1. The van der Waals surface area contributed by atoms with Crippen LogP contribution in [0.3, 0.4) is 0 Å². The Morgan fingerprint density at radius 3 is 2.48 bits per heavy atom. The molecule has 0 bridgehead atoms. The summed E-state index contributed by atoms with van der Waals surface area (Å²) in [4.78, 5) is 0. The van der Waals surface area contributed by atoms with E-state index in [0.29, 0.717) is 0 Å². The Morgan fingerprint density at radius 2 is 1.86 bits per heavy atom. The van der Waals surface area contributed by atoms with Gasteiger partial charge in [-0.3, -0.25) is 0 Å². The first kappa shape index (κ1) is 14.3. The minimum Gasteiger partial charge on any atom is -0.324 e. The van der Waals surface area contributed by atoms with Crippen LogP contribution in [0.4, 0.5) is 0 Å². The highest BCUT2D eigenvalue weighted by Crippen LogP contribution is 2.36. The largest absolute Gasteiger partial charge is 0.324 e. The van der Waals surface area contributed by atoms with Crippen LogP contribution >= 0.6 is 0 Å². The highest BCUT2D eigenvalue weighted by molar-refractivity contribution is 5.29. The lowest BCUT2D eigenvalue weighted by atomic mass is 9.80. The van der Waals surface area contributed by atoms with Crippen molar-refractivity contribution < 1.29 is 0 Å². The van der Waals surface area contributed by atoms with Crippen LogP contribution < -0.4 is 5.73 Å². The second-order valence-electron chi connectivity index (χ2n) is 6.43. The molecule has 0 aromatic heterocycles. The molecule has 1 atom stereocenters. The lowest BCUT2D eigenvalue weighted by molar-refractivity contribution is 0.419. The van der Waals surface area contributed by atoms with E-state index in [4.69, 9.17) is 5.73 Å². The Kier molecular flexibility index (Phi) is 4.40. The standard InChI is InChI=1S/C20H25N/c1-15-4-2-5-16(14-15)8-13-20(21)19-11-9-18(10-12-19)17-6-3-7-17/h2,4-5,9-12,14,17,20H,3,6-8,13,21H2,1H3. The lowest BCUT2D eigenvalue weighted by Crippen LogP contribution is -2.12. The third-order valence-electron chi connectivity index (χ3n) is 4.77. The van der Waals surface area contributed by atoms with Gasteiger partial charge in [0, 0.05) is 6.04 Å². The summed E-state index contributed by atoms with van der Waals surface area (Å²) in [5.41, 5.74) is 11.8. The number of nitrogens with two attached hydrogens (primary N) is 1. The van der Waals surface area contributed by atoms with E-state index >= 15 is 0 Å². The van der Waals surface area contributed by atoms with Crippen LogP contribution in [-0.4, -0.2) is 0 Å². The van der Waals surface area contributed by atoms with Gasteiger partial charge in [0.05, 0.1) is 0 Å². The van der Waals surface area contributed by atoms with Crippen LogP contribution in [0, 0.1) is 6.92 Å². The zero-order chi connectivity index (χ0) is 14.7. The number of hydrogen-bond acceptors (Lipinski definition) is 1. The average Bonchev–Trinajstić information content (AvgIpc) is 2.44. The summed E-state index contributed by atoms with van der Waals surface area (Å²) in [6.45, 7) is 2.14. The van der Waals surface area contributed by atoms with Crippen molar-refractivity contribution in [1.29, 1.82) is 0 Å². The Bertz CT molecular complexity index is 581. The van der Waals surface area contributed by atoms with Gasteiger partial charge < -0.3 is 5.73 Å². The van der Waals surface area contributed by atoms with Gasteiger partial charge in [0.2, 0.25) is 0 Å². The molecule has 110 valence electrons. The first-order chi connectivity index (χ1) is 10.2. The van der Waals surface area contributed by atoms with E-state index in [2.05, 4.69) is 55.5 Å². The molecule has 3 rings (SSSR count). The second kappa shape index (κ2) is 6.44. The summed E-state index contributed by atoms with van der Waals surface area (Å²) in [5, 5.41) is 0. The predicted octanol–water partition coefficient (Wildman–Crippen LogP) is 4.90. The van der Waals surface area contributed by atoms with E-state index in [1.807, 2.05) is 0 Å². The van der Waals surface area contributed by atoms with E-state index < -0.39 is 0 Å². The van der Waals surface area contributed by atoms with Crippen LogP contribution in [0.15, 0.2) is 48.5 Å². The van der Waals surface area contributed by atoms with Gasteiger partial charge in [0.25, 0.3) is 0 Å². The van der Waals surface area contributed by atoms with Gasteiger partial charge in [-0.05, 0) is 55.2 Å². The second-order valence-corrected chi connectivity index (χ2v) is 6.43. The molecule has 1 aliphatic rings. The molecular formula is C20H25N. The van der Waals surface area contributed by atoms with Gasteiger partial charge in [0.1, 0.15) is 0 Å². The van der Waals surface area contributed by atoms with Gasteiger partial charge >= 0.3 is 0 Å².